The molecular weight excluding hydrogens is 805 g/mol. The number of aliphatic hydroxyl groups is 3. The second-order valence-corrected chi connectivity index (χ2v) is 16.9. The Labute approximate surface area is 364 Å². The minimum Gasteiger partial charge on any atom is -0.480 e. The summed E-state index contributed by atoms with van der Waals surface area (Å²) >= 11 is 0. The number of aliphatic hydroxyl groups excluding tert-OH is 3. The maximum atomic E-state index is 12.7. The molecule has 0 aromatic carbocycles. The van der Waals surface area contributed by atoms with Crippen molar-refractivity contribution in [1.29, 1.82) is 0 Å². The Bertz CT molecular complexity index is 1430. The number of allylic oxidation sites excluding steroid dienone is 9. The lowest BCUT2D eigenvalue weighted by atomic mass is 9.89. The predicted octanol–water partition coefficient (Wildman–Crippen LogP) is 8.10. The molecule has 1 aliphatic carbocycles. The quantitative estimate of drug-likeness (QED) is 0.0151. The zero-order valence-corrected chi connectivity index (χ0v) is 37.4. The zero-order chi connectivity index (χ0) is 45.1. The first-order valence-electron chi connectivity index (χ1n) is 22.2. The number of hydrogen-bond donors (Lipinski definition) is 6. The van der Waals surface area contributed by atoms with Gasteiger partial charge >= 0.3 is 25.7 Å². The van der Waals surface area contributed by atoms with E-state index >= 15 is 0 Å². The third-order valence-electron chi connectivity index (χ3n) is 10.0. The predicted molar refractivity (Wildman–Crippen MR) is 237 cm³/mol. The molecule has 1 fully saturated rings. The zero-order valence-electron chi connectivity index (χ0n) is 36.6. The summed E-state index contributed by atoms with van der Waals surface area (Å²) < 4.78 is 32.6. The lowest BCUT2D eigenvalue weighted by Gasteiger charge is -2.20. The van der Waals surface area contributed by atoms with E-state index in [-0.39, 0.29) is 31.1 Å². The molecule has 1 aliphatic rings. The molecule has 0 bridgehead atoms. The van der Waals surface area contributed by atoms with Crippen molar-refractivity contribution in [3.63, 3.8) is 0 Å². The Hall–Kier alpha value is -3.20. The van der Waals surface area contributed by atoms with E-state index in [2.05, 4.69) is 67.0 Å². The number of carboxylic acids is 1. The van der Waals surface area contributed by atoms with Crippen molar-refractivity contribution in [2.45, 2.75) is 166 Å². The molecule has 348 valence electrons. The van der Waals surface area contributed by atoms with Gasteiger partial charge in [-0.3, -0.25) is 23.4 Å². The van der Waals surface area contributed by atoms with Gasteiger partial charge in [0.05, 0.1) is 37.9 Å². The highest BCUT2D eigenvalue weighted by Crippen LogP contribution is 2.43. The van der Waals surface area contributed by atoms with Crippen molar-refractivity contribution in [1.82, 2.24) is 0 Å². The summed E-state index contributed by atoms with van der Waals surface area (Å²) in [6, 6.07) is -1.58. The van der Waals surface area contributed by atoms with Gasteiger partial charge in [0.25, 0.3) is 0 Å². The average Bonchev–Trinajstić information content (AvgIpc) is 3.49. The van der Waals surface area contributed by atoms with Gasteiger partial charge in [0.15, 0.2) is 6.10 Å². The number of rotatable bonds is 36. The van der Waals surface area contributed by atoms with Crippen LogP contribution in [0.4, 0.5) is 0 Å². The largest absolute Gasteiger partial charge is 0.480 e. The molecule has 0 aromatic heterocycles. The number of phosphoric acid groups is 1. The molecule has 0 amide bonds. The summed E-state index contributed by atoms with van der Waals surface area (Å²) in [7, 11) is -4.81. The Balaban J connectivity index is 2.56. The lowest BCUT2D eigenvalue weighted by Crippen LogP contribution is -2.34. The molecule has 0 aromatic rings. The monoisotopic (exact) mass is 882 g/mol. The van der Waals surface area contributed by atoms with Crippen molar-refractivity contribution in [3.05, 3.63) is 72.9 Å². The SMILES string of the molecule is CCCCC/C=C\C/C=C\C/C=C\C/C=C\CCCCCC(=O)O[C@H](COC(=O)C/C=C\C[C@H]1[C@@H](/C=C/[C@H](O)CCCCC)[C@H](O)C[C@@H]1O)COP(=O)(O)OC[C@H](N)C(=O)O. The highest BCUT2D eigenvalue weighted by molar-refractivity contribution is 7.47. The molecule has 7 N–H and O–H groups in total. The van der Waals surface area contributed by atoms with Crippen molar-refractivity contribution in [2.24, 2.45) is 17.6 Å². The second kappa shape index (κ2) is 35.3. The van der Waals surface area contributed by atoms with Gasteiger partial charge < -0.3 is 40.5 Å². The maximum absolute atomic E-state index is 12.7. The smallest absolute Gasteiger partial charge is 0.472 e. The van der Waals surface area contributed by atoms with Crippen molar-refractivity contribution in [2.75, 3.05) is 19.8 Å². The highest BCUT2D eigenvalue weighted by atomic mass is 31.2. The lowest BCUT2D eigenvalue weighted by molar-refractivity contribution is -0.160. The van der Waals surface area contributed by atoms with Gasteiger partial charge in [-0.05, 0) is 70.1 Å². The van der Waals surface area contributed by atoms with Crippen LogP contribution in [0.3, 0.4) is 0 Å². The topological polar surface area (TPSA) is 232 Å². The van der Waals surface area contributed by atoms with Gasteiger partial charge in [-0.2, -0.15) is 0 Å². The van der Waals surface area contributed by atoms with Crippen LogP contribution in [0.15, 0.2) is 72.9 Å². The highest BCUT2D eigenvalue weighted by Gasteiger charge is 2.39. The number of unbranched alkanes of at least 4 members (excludes halogenated alkanes) is 8. The minimum atomic E-state index is -4.81. The molecule has 1 unspecified atom stereocenters. The summed E-state index contributed by atoms with van der Waals surface area (Å²) in [5.41, 5.74) is 5.33. The summed E-state index contributed by atoms with van der Waals surface area (Å²) in [6.07, 6.45) is 35.3. The molecule has 8 atom stereocenters. The standard InChI is InChI=1S/C46H76NO13P/c1-3-5-7-8-9-10-11-12-13-14-15-16-17-18-19-20-21-22-24-30-45(52)60-38(35-58-61(55,56)59-36-41(47)46(53)54)34-57-44(51)29-26-25-28-39-40(43(50)33-42(39)49)32-31-37(48)27-23-6-4-2/h9-10,12-13,15-16,18-19,25-26,31-32,37-43,48-50H,3-8,11,14,17,20-24,27-30,33-36,47H2,1-2H3,(H,53,54)(H,55,56)/b10-9-,13-12-,16-15-,19-18-,26-25-,32-31+/t37-,38-,39+,40-,41+,42+,43-/m1/s1. The van der Waals surface area contributed by atoms with Gasteiger partial charge in [-0.1, -0.05) is 125 Å². The Kier molecular flexibility index (Phi) is 32.3. The number of carbonyl (C=O) groups is 3. The van der Waals surface area contributed by atoms with E-state index < -0.39 is 76.0 Å². The minimum absolute atomic E-state index is 0.0538. The van der Waals surface area contributed by atoms with Crippen LogP contribution in [-0.2, 0) is 37.5 Å². The van der Waals surface area contributed by atoms with Gasteiger partial charge in [0.1, 0.15) is 12.6 Å². The maximum Gasteiger partial charge on any atom is 0.472 e. The molecule has 15 heteroatoms. The third kappa shape index (κ3) is 29.7. The number of nitrogens with two attached hydrogens (primary N) is 1. The third-order valence-corrected chi connectivity index (χ3v) is 11.0. The van der Waals surface area contributed by atoms with Crippen molar-refractivity contribution in [3.8, 4) is 0 Å². The van der Waals surface area contributed by atoms with Crippen LogP contribution in [0.1, 0.15) is 136 Å². The molecule has 61 heavy (non-hydrogen) atoms. The number of phosphoric ester groups is 1. The molecule has 14 nitrogen and oxygen atoms in total. The van der Waals surface area contributed by atoms with Crippen LogP contribution in [0.2, 0.25) is 0 Å². The Morgan fingerprint density at radius 3 is 1.95 bits per heavy atom. The van der Waals surface area contributed by atoms with Crippen LogP contribution in [0, 0.1) is 11.8 Å². The Morgan fingerprint density at radius 1 is 0.738 bits per heavy atom. The number of carboxylic acid groups (broad SMARTS) is 1. The first-order valence-corrected chi connectivity index (χ1v) is 23.7. The fourth-order valence-corrected chi connectivity index (χ4v) is 7.21. The average molecular weight is 882 g/mol. The summed E-state index contributed by atoms with van der Waals surface area (Å²) in [5.74, 6) is -3.45. The van der Waals surface area contributed by atoms with Crippen LogP contribution in [-0.4, -0.2) is 93.5 Å². The van der Waals surface area contributed by atoms with Crippen LogP contribution < -0.4 is 5.73 Å². The number of aliphatic carboxylic acids is 1. The van der Waals surface area contributed by atoms with Gasteiger partial charge in [0.2, 0.25) is 0 Å². The van der Waals surface area contributed by atoms with E-state index in [1.165, 1.54) is 19.3 Å². The van der Waals surface area contributed by atoms with Crippen molar-refractivity contribution < 1.29 is 62.8 Å². The molecule has 0 aliphatic heterocycles. The number of carbonyl (C=O) groups excluding carboxylic acids is 2. The van der Waals surface area contributed by atoms with Gasteiger partial charge in [-0.15, -0.1) is 0 Å². The number of ether oxygens (including phenoxy) is 2. The second-order valence-electron chi connectivity index (χ2n) is 15.5. The molecule has 1 saturated carbocycles. The van der Waals surface area contributed by atoms with E-state index in [1.54, 1.807) is 24.3 Å². The molecular formula is C46H76NO13P. The Morgan fingerprint density at radius 2 is 1.33 bits per heavy atom. The van der Waals surface area contributed by atoms with Crippen LogP contribution in [0.5, 0.6) is 0 Å². The normalized spacial score (nSPS) is 21.0. The molecule has 0 radical (unpaired) electrons. The first kappa shape index (κ1) is 55.8. The first-order chi connectivity index (χ1) is 29.3. The van der Waals surface area contributed by atoms with Gasteiger partial charge in [0, 0.05) is 18.8 Å². The number of esters is 2. The number of hydrogen-bond acceptors (Lipinski definition) is 12. The van der Waals surface area contributed by atoms with Crippen molar-refractivity contribution >= 4 is 25.7 Å². The fraction of sp³-hybridized carbons (Fsp3) is 0.674. The molecule has 0 heterocycles. The summed E-state index contributed by atoms with van der Waals surface area (Å²) in [4.78, 5) is 46.3. The fourth-order valence-electron chi connectivity index (χ4n) is 6.43. The van der Waals surface area contributed by atoms with E-state index in [4.69, 9.17) is 24.8 Å². The summed E-state index contributed by atoms with van der Waals surface area (Å²) in [5, 5.41) is 40.2. The molecule has 1 rings (SSSR count). The molecule has 0 spiro atoms. The van der Waals surface area contributed by atoms with Crippen LogP contribution in [0.25, 0.3) is 0 Å². The van der Waals surface area contributed by atoms with E-state index in [0.717, 1.165) is 64.2 Å². The van der Waals surface area contributed by atoms with Crippen LogP contribution >= 0.6 is 7.82 Å². The molecule has 0 saturated heterocycles. The van der Waals surface area contributed by atoms with Gasteiger partial charge in [-0.25, -0.2) is 4.57 Å². The van der Waals surface area contributed by atoms with E-state index in [9.17, 15) is 39.2 Å². The van der Waals surface area contributed by atoms with E-state index in [1.807, 2.05) is 0 Å². The van der Waals surface area contributed by atoms with E-state index in [0.29, 0.717) is 19.3 Å². The summed E-state index contributed by atoms with van der Waals surface area (Å²) in [6.45, 7) is 2.29.